The number of rotatable bonds is 3. The topological polar surface area (TPSA) is 59.4 Å². The summed E-state index contributed by atoms with van der Waals surface area (Å²) in [7, 11) is 0. The van der Waals surface area contributed by atoms with Crippen molar-refractivity contribution in [2.45, 2.75) is 6.92 Å². The Balaban J connectivity index is 2.60. The first kappa shape index (κ1) is 10.2. The van der Waals surface area contributed by atoms with Gasteiger partial charge in [-0.2, -0.15) is 0 Å². The molecule has 1 aromatic rings. The fourth-order valence-corrected chi connectivity index (χ4v) is 0.840. The molecule has 0 spiro atoms. The first-order chi connectivity index (χ1) is 6.72. The van der Waals surface area contributed by atoms with Crippen LogP contribution in [-0.4, -0.2) is 22.7 Å². The Kier molecular flexibility index (Phi) is 3.67. The van der Waals surface area contributed by atoms with Crippen LogP contribution in [0.2, 0.25) is 0 Å². The van der Waals surface area contributed by atoms with Gasteiger partial charge in [-0.05, 0) is 25.1 Å². The van der Waals surface area contributed by atoms with E-state index in [4.69, 9.17) is 5.11 Å². The van der Waals surface area contributed by atoms with Gasteiger partial charge in [-0.1, -0.05) is 0 Å². The summed E-state index contributed by atoms with van der Waals surface area (Å²) in [5, 5.41) is 8.94. The lowest BCUT2D eigenvalue weighted by Crippen LogP contribution is -1.98. The fraction of sp³-hybridized carbons (Fsp3) is 0.200. The molecule has 0 aromatic carbocycles. The number of aromatic hydroxyl groups is 1. The van der Waals surface area contributed by atoms with Gasteiger partial charge in [-0.3, -0.25) is 4.98 Å². The number of hydrogen-bond acceptors (Lipinski definition) is 4. The monoisotopic (exact) mass is 193 g/mol. The number of hydrogen-bond donors (Lipinski definition) is 1. The molecule has 0 fully saturated rings. The van der Waals surface area contributed by atoms with Gasteiger partial charge < -0.3 is 9.84 Å². The second-order valence-corrected chi connectivity index (χ2v) is 2.53. The fourth-order valence-electron chi connectivity index (χ4n) is 0.840. The average molecular weight is 193 g/mol. The molecule has 74 valence electrons. The molecule has 0 aliphatic rings. The minimum Gasteiger partial charge on any atom is -0.506 e. The van der Waals surface area contributed by atoms with Crippen LogP contribution in [0.1, 0.15) is 12.6 Å². The van der Waals surface area contributed by atoms with Crippen LogP contribution in [0.15, 0.2) is 24.4 Å². The molecule has 0 unspecified atom stereocenters. The van der Waals surface area contributed by atoms with Crippen LogP contribution in [0, 0.1) is 0 Å². The van der Waals surface area contributed by atoms with Crippen molar-refractivity contribution in [3.63, 3.8) is 0 Å². The van der Waals surface area contributed by atoms with E-state index in [2.05, 4.69) is 9.72 Å². The summed E-state index contributed by atoms with van der Waals surface area (Å²) in [5.41, 5.74) is 0.593. The lowest BCUT2D eigenvalue weighted by Gasteiger charge is -1.95. The van der Waals surface area contributed by atoms with Gasteiger partial charge >= 0.3 is 5.97 Å². The van der Waals surface area contributed by atoms with Crippen LogP contribution in [0.3, 0.4) is 0 Å². The van der Waals surface area contributed by atoms with E-state index in [0.717, 1.165) is 0 Å². The zero-order valence-corrected chi connectivity index (χ0v) is 7.80. The molecular weight excluding hydrogens is 182 g/mol. The molecule has 4 nitrogen and oxygen atoms in total. The Hall–Kier alpha value is -1.84. The number of ether oxygens (including phenoxy) is 1. The minimum atomic E-state index is -0.401. The van der Waals surface area contributed by atoms with E-state index in [9.17, 15) is 4.79 Å². The molecule has 1 N–H and O–H groups in total. The van der Waals surface area contributed by atoms with Crippen molar-refractivity contribution in [3.8, 4) is 5.75 Å². The summed E-state index contributed by atoms with van der Waals surface area (Å²) in [5.74, 6) is -0.305. The molecule has 14 heavy (non-hydrogen) atoms. The smallest absolute Gasteiger partial charge is 0.330 e. The SMILES string of the molecule is CCOC(=O)/C=C/c1ccc(O)cn1. The molecule has 0 saturated carbocycles. The lowest BCUT2D eigenvalue weighted by atomic mass is 10.3. The summed E-state index contributed by atoms with van der Waals surface area (Å²) < 4.78 is 4.68. The van der Waals surface area contributed by atoms with E-state index in [-0.39, 0.29) is 5.75 Å². The quantitative estimate of drug-likeness (QED) is 0.581. The number of carbonyl (C=O) groups excluding carboxylic acids is 1. The average Bonchev–Trinajstić information content (AvgIpc) is 2.17. The van der Waals surface area contributed by atoms with E-state index in [1.165, 1.54) is 24.4 Å². The van der Waals surface area contributed by atoms with E-state index in [1.54, 1.807) is 13.0 Å². The summed E-state index contributed by atoms with van der Waals surface area (Å²) in [6.07, 6.45) is 4.13. The van der Waals surface area contributed by atoms with E-state index in [1.807, 2.05) is 0 Å². The first-order valence-corrected chi connectivity index (χ1v) is 4.22. The maximum absolute atomic E-state index is 10.9. The Labute approximate surface area is 81.9 Å². The van der Waals surface area contributed by atoms with Crippen LogP contribution in [0.25, 0.3) is 6.08 Å². The van der Waals surface area contributed by atoms with Crippen LogP contribution in [0.5, 0.6) is 5.75 Å². The van der Waals surface area contributed by atoms with E-state index >= 15 is 0 Å². The van der Waals surface area contributed by atoms with E-state index < -0.39 is 5.97 Å². The van der Waals surface area contributed by atoms with Gasteiger partial charge in [0.2, 0.25) is 0 Å². The second kappa shape index (κ2) is 5.01. The first-order valence-electron chi connectivity index (χ1n) is 4.22. The number of aromatic nitrogens is 1. The highest BCUT2D eigenvalue weighted by Gasteiger charge is 1.94. The Morgan fingerprint density at radius 3 is 3.00 bits per heavy atom. The van der Waals surface area contributed by atoms with Gasteiger partial charge in [0.15, 0.2) is 0 Å². The predicted molar refractivity (Wildman–Crippen MR) is 51.6 cm³/mol. The van der Waals surface area contributed by atoms with Gasteiger partial charge in [0, 0.05) is 6.08 Å². The van der Waals surface area contributed by atoms with Crippen LogP contribution >= 0.6 is 0 Å². The van der Waals surface area contributed by atoms with Crippen LogP contribution < -0.4 is 0 Å². The van der Waals surface area contributed by atoms with Crippen molar-refractivity contribution < 1.29 is 14.6 Å². The number of pyridine rings is 1. The Morgan fingerprint density at radius 2 is 2.43 bits per heavy atom. The number of esters is 1. The van der Waals surface area contributed by atoms with Crippen molar-refractivity contribution >= 4 is 12.0 Å². The van der Waals surface area contributed by atoms with Gasteiger partial charge in [0.05, 0.1) is 18.5 Å². The standard InChI is InChI=1S/C10H11NO3/c1-2-14-10(13)6-4-8-3-5-9(12)7-11-8/h3-7,12H,2H2,1H3/b6-4+. The molecule has 0 amide bonds. The third kappa shape index (κ3) is 3.26. The molecule has 0 aliphatic heterocycles. The largest absolute Gasteiger partial charge is 0.506 e. The lowest BCUT2D eigenvalue weighted by molar-refractivity contribution is -0.137. The van der Waals surface area contributed by atoms with Gasteiger partial charge in [0.1, 0.15) is 5.75 Å². The molecule has 0 aliphatic carbocycles. The summed E-state index contributed by atoms with van der Waals surface area (Å²) in [4.78, 5) is 14.8. The third-order valence-electron chi connectivity index (χ3n) is 1.45. The summed E-state index contributed by atoms with van der Waals surface area (Å²) >= 11 is 0. The van der Waals surface area contributed by atoms with Gasteiger partial charge in [-0.25, -0.2) is 4.79 Å². The maximum atomic E-state index is 10.9. The Morgan fingerprint density at radius 1 is 1.64 bits per heavy atom. The van der Waals surface area contributed by atoms with E-state index in [0.29, 0.717) is 12.3 Å². The predicted octanol–water partition coefficient (Wildman–Crippen LogP) is 1.36. The molecule has 0 saturated heterocycles. The van der Waals surface area contributed by atoms with Crippen molar-refractivity contribution in [1.82, 2.24) is 4.98 Å². The van der Waals surface area contributed by atoms with Gasteiger partial charge in [-0.15, -0.1) is 0 Å². The highest BCUT2D eigenvalue weighted by atomic mass is 16.5. The Bertz CT molecular complexity index is 330. The maximum Gasteiger partial charge on any atom is 0.330 e. The molecular formula is C10H11NO3. The van der Waals surface area contributed by atoms with Gasteiger partial charge in [0.25, 0.3) is 0 Å². The number of carbonyl (C=O) groups is 1. The van der Waals surface area contributed by atoms with Crippen molar-refractivity contribution in [2.75, 3.05) is 6.61 Å². The molecule has 0 radical (unpaired) electrons. The zero-order valence-electron chi connectivity index (χ0n) is 7.80. The third-order valence-corrected chi connectivity index (χ3v) is 1.45. The second-order valence-electron chi connectivity index (χ2n) is 2.53. The van der Waals surface area contributed by atoms with Crippen LogP contribution in [0.4, 0.5) is 0 Å². The van der Waals surface area contributed by atoms with Crippen molar-refractivity contribution in [2.24, 2.45) is 0 Å². The van der Waals surface area contributed by atoms with Crippen molar-refractivity contribution in [1.29, 1.82) is 0 Å². The van der Waals surface area contributed by atoms with Crippen LogP contribution in [-0.2, 0) is 9.53 Å². The normalized spacial score (nSPS) is 10.4. The molecule has 1 heterocycles. The molecule has 1 rings (SSSR count). The summed E-state index contributed by atoms with van der Waals surface area (Å²) in [6, 6.07) is 3.10. The molecule has 1 aromatic heterocycles. The molecule has 0 bridgehead atoms. The highest BCUT2D eigenvalue weighted by Crippen LogP contribution is 2.06. The van der Waals surface area contributed by atoms with Crippen molar-refractivity contribution in [3.05, 3.63) is 30.1 Å². The molecule has 4 heteroatoms. The zero-order chi connectivity index (χ0) is 10.4. The summed E-state index contributed by atoms with van der Waals surface area (Å²) in [6.45, 7) is 2.09. The highest BCUT2D eigenvalue weighted by molar-refractivity contribution is 5.86. The number of nitrogens with zero attached hydrogens (tertiary/aromatic N) is 1. The molecule has 0 atom stereocenters. The minimum absolute atomic E-state index is 0.0956.